The van der Waals surface area contributed by atoms with Crippen LogP contribution < -0.4 is 0 Å². The van der Waals surface area contributed by atoms with Gasteiger partial charge in [-0.3, -0.25) is 4.90 Å². The highest BCUT2D eigenvalue weighted by atomic mass is 16.3. The molecule has 0 aliphatic carbocycles. The highest BCUT2D eigenvalue weighted by molar-refractivity contribution is 5.16. The Hall–Kier alpha value is -0.900. The largest absolute Gasteiger partial charge is 0.395 e. The van der Waals surface area contributed by atoms with Crippen molar-refractivity contribution < 1.29 is 10.2 Å². The number of rotatable bonds is 17. The van der Waals surface area contributed by atoms with E-state index >= 15 is 0 Å². The highest BCUT2D eigenvalue weighted by Gasteiger charge is 2.18. The van der Waals surface area contributed by atoms with Crippen molar-refractivity contribution in [3.8, 4) is 0 Å². The third-order valence-electron chi connectivity index (χ3n) is 5.25. The Morgan fingerprint density at radius 1 is 0.769 bits per heavy atom. The van der Waals surface area contributed by atoms with Crippen LogP contribution in [0.15, 0.2) is 30.3 Å². The molecule has 0 amide bonds. The zero-order valence-electron chi connectivity index (χ0n) is 16.9. The second-order valence-corrected chi connectivity index (χ2v) is 7.44. The van der Waals surface area contributed by atoms with E-state index in [4.69, 9.17) is 0 Å². The number of hydrogen-bond acceptors (Lipinski definition) is 3. The summed E-state index contributed by atoms with van der Waals surface area (Å²) in [6, 6.07) is 11.0. The Labute approximate surface area is 161 Å². The number of nitrogens with zero attached hydrogens (tertiary/aromatic N) is 1. The zero-order valence-corrected chi connectivity index (χ0v) is 16.9. The predicted octanol–water partition coefficient (Wildman–Crippen LogP) is 4.81. The molecule has 150 valence electrons. The van der Waals surface area contributed by atoms with Crippen LogP contribution in [-0.2, 0) is 6.42 Å². The lowest BCUT2D eigenvalue weighted by atomic mass is 9.98. The van der Waals surface area contributed by atoms with Gasteiger partial charge in [0.1, 0.15) is 0 Å². The van der Waals surface area contributed by atoms with E-state index in [1.165, 1.54) is 63.4 Å². The summed E-state index contributed by atoms with van der Waals surface area (Å²) in [4.78, 5) is 2.26. The van der Waals surface area contributed by atoms with E-state index in [0.717, 1.165) is 12.8 Å². The van der Waals surface area contributed by atoms with Gasteiger partial charge in [-0.25, -0.2) is 0 Å². The Balaban J connectivity index is 2.36. The van der Waals surface area contributed by atoms with Crippen LogP contribution in [0.25, 0.3) is 0 Å². The molecule has 3 heteroatoms. The maximum atomic E-state index is 9.39. The predicted molar refractivity (Wildman–Crippen MR) is 112 cm³/mol. The zero-order chi connectivity index (χ0) is 18.9. The fourth-order valence-electron chi connectivity index (χ4n) is 3.72. The molecular weight excluding hydrogens is 322 g/mol. The minimum atomic E-state index is 0.156. The molecule has 0 aromatic heterocycles. The summed E-state index contributed by atoms with van der Waals surface area (Å²) in [6.07, 6.45) is 14.3. The van der Waals surface area contributed by atoms with E-state index < -0.39 is 0 Å². The van der Waals surface area contributed by atoms with E-state index in [2.05, 4.69) is 42.2 Å². The van der Waals surface area contributed by atoms with Gasteiger partial charge in [-0.2, -0.15) is 0 Å². The van der Waals surface area contributed by atoms with Crippen molar-refractivity contribution in [3.63, 3.8) is 0 Å². The molecule has 0 saturated carbocycles. The number of aliphatic hydroxyl groups is 2. The van der Waals surface area contributed by atoms with Crippen molar-refractivity contribution in [2.75, 3.05) is 26.3 Å². The van der Waals surface area contributed by atoms with Gasteiger partial charge in [0.05, 0.1) is 13.2 Å². The Morgan fingerprint density at radius 2 is 1.31 bits per heavy atom. The van der Waals surface area contributed by atoms with E-state index in [1.54, 1.807) is 0 Å². The molecule has 0 aliphatic heterocycles. The summed E-state index contributed by atoms with van der Waals surface area (Å²) >= 11 is 0. The molecule has 0 radical (unpaired) electrons. The van der Waals surface area contributed by atoms with E-state index in [1.807, 2.05) is 0 Å². The third-order valence-corrected chi connectivity index (χ3v) is 5.25. The van der Waals surface area contributed by atoms with Crippen molar-refractivity contribution in [2.45, 2.75) is 83.6 Å². The lowest BCUT2D eigenvalue weighted by Gasteiger charge is -2.31. The second-order valence-electron chi connectivity index (χ2n) is 7.44. The summed E-state index contributed by atoms with van der Waals surface area (Å²) in [5, 5.41) is 18.8. The van der Waals surface area contributed by atoms with Crippen LogP contribution in [0, 0.1) is 0 Å². The van der Waals surface area contributed by atoms with Gasteiger partial charge in [0.15, 0.2) is 0 Å². The molecule has 0 aliphatic rings. The first-order valence-electron chi connectivity index (χ1n) is 10.8. The molecule has 2 N–H and O–H groups in total. The Bertz CT molecular complexity index is 404. The lowest BCUT2D eigenvalue weighted by Crippen LogP contribution is -2.40. The van der Waals surface area contributed by atoms with Crippen LogP contribution in [0.2, 0.25) is 0 Å². The first-order valence-corrected chi connectivity index (χ1v) is 10.8. The topological polar surface area (TPSA) is 43.7 Å². The summed E-state index contributed by atoms with van der Waals surface area (Å²) in [5.41, 5.74) is 1.34. The van der Waals surface area contributed by atoms with Gasteiger partial charge in [-0.1, -0.05) is 95.0 Å². The van der Waals surface area contributed by atoms with Crippen LogP contribution in [0.3, 0.4) is 0 Å². The number of aliphatic hydroxyl groups excluding tert-OH is 2. The first-order chi connectivity index (χ1) is 12.8. The van der Waals surface area contributed by atoms with Crippen LogP contribution >= 0.6 is 0 Å². The molecule has 1 unspecified atom stereocenters. The minimum absolute atomic E-state index is 0.156. The van der Waals surface area contributed by atoms with Gasteiger partial charge in [-0.15, -0.1) is 0 Å². The quantitative estimate of drug-likeness (QED) is 0.391. The smallest absolute Gasteiger partial charge is 0.0558 e. The van der Waals surface area contributed by atoms with Crippen LogP contribution in [0.4, 0.5) is 0 Å². The molecule has 0 spiro atoms. The molecule has 1 atom stereocenters. The average Bonchev–Trinajstić information content (AvgIpc) is 2.66. The minimum Gasteiger partial charge on any atom is -0.395 e. The van der Waals surface area contributed by atoms with E-state index in [-0.39, 0.29) is 13.2 Å². The van der Waals surface area contributed by atoms with Crippen LogP contribution in [0.1, 0.15) is 76.7 Å². The van der Waals surface area contributed by atoms with Crippen LogP contribution in [-0.4, -0.2) is 47.5 Å². The van der Waals surface area contributed by atoms with E-state index in [9.17, 15) is 10.2 Å². The van der Waals surface area contributed by atoms with Gasteiger partial charge >= 0.3 is 0 Å². The number of benzene rings is 1. The van der Waals surface area contributed by atoms with Gasteiger partial charge in [-0.05, 0) is 18.4 Å². The van der Waals surface area contributed by atoms with Crippen molar-refractivity contribution in [3.05, 3.63) is 35.9 Å². The molecule has 1 rings (SSSR count). The normalized spacial score (nSPS) is 12.6. The number of unbranched alkanes of at least 4 members (excludes halogenated alkanes) is 8. The first kappa shape index (κ1) is 23.1. The van der Waals surface area contributed by atoms with Gasteiger partial charge in [0.25, 0.3) is 0 Å². The molecule has 3 nitrogen and oxygen atoms in total. The average molecular weight is 364 g/mol. The van der Waals surface area contributed by atoms with Crippen LogP contribution in [0.5, 0.6) is 0 Å². The lowest BCUT2D eigenvalue weighted by molar-refractivity contribution is 0.115. The van der Waals surface area contributed by atoms with Crippen molar-refractivity contribution in [1.29, 1.82) is 0 Å². The molecule has 0 heterocycles. The fourth-order valence-corrected chi connectivity index (χ4v) is 3.72. The third kappa shape index (κ3) is 10.9. The Morgan fingerprint density at radius 3 is 1.85 bits per heavy atom. The summed E-state index contributed by atoms with van der Waals surface area (Å²) in [7, 11) is 0. The maximum absolute atomic E-state index is 9.39. The van der Waals surface area contributed by atoms with Crippen molar-refractivity contribution >= 4 is 0 Å². The highest BCUT2D eigenvalue weighted by Crippen LogP contribution is 2.17. The Kier molecular flexibility index (Phi) is 14.5. The molecule has 0 saturated heterocycles. The fraction of sp³-hybridized carbons (Fsp3) is 0.739. The van der Waals surface area contributed by atoms with E-state index in [0.29, 0.717) is 19.1 Å². The van der Waals surface area contributed by atoms with Gasteiger partial charge < -0.3 is 10.2 Å². The summed E-state index contributed by atoms with van der Waals surface area (Å²) in [6.45, 7) is 3.87. The SMILES string of the molecule is CCCCCCCCCCCC(Cc1ccccc1)N(CCO)CCO. The molecule has 26 heavy (non-hydrogen) atoms. The summed E-state index contributed by atoms with van der Waals surface area (Å²) < 4.78 is 0. The second kappa shape index (κ2) is 16.3. The standard InChI is InChI=1S/C23H41NO2/c1-2-3-4-5-6-7-8-9-13-16-23(24(17-19-25)18-20-26)21-22-14-11-10-12-15-22/h10-12,14-15,23,25-26H,2-9,13,16-21H2,1H3. The molecule has 1 aromatic rings. The molecule has 0 fully saturated rings. The van der Waals surface area contributed by atoms with Gasteiger partial charge in [0.2, 0.25) is 0 Å². The molecule has 0 bridgehead atoms. The summed E-state index contributed by atoms with van der Waals surface area (Å²) in [5.74, 6) is 0. The maximum Gasteiger partial charge on any atom is 0.0558 e. The molecule has 1 aromatic carbocycles. The van der Waals surface area contributed by atoms with Crippen molar-refractivity contribution in [1.82, 2.24) is 4.90 Å². The number of hydrogen-bond donors (Lipinski definition) is 2. The monoisotopic (exact) mass is 363 g/mol. The van der Waals surface area contributed by atoms with Crippen molar-refractivity contribution in [2.24, 2.45) is 0 Å². The molecular formula is C23H41NO2. The van der Waals surface area contributed by atoms with Gasteiger partial charge in [0, 0.05) is 19.1 Å².